The van der Waals surface area contributed by atoms with E-state index in [9.17, 15) is 9.18 Å². The fourth-order valence-corrected chi connectivity index (χ4v) is 1.43. The van der Waals surface area contributed by atoms with Gasteiger partial charge in [-0.15, -0.1) is 10.2 Å². The monoisotopic (exact) mass is 276 g/mol. The van der Waals surface area contributed by atoms with Gasteiger partial charge in [0, 0.05) is 31.9 Å². The van der Waals surface area contributed by atoms with Crippen LogP contribution in [-0.2, 0) is 0 Å². The van der Waals surface area contributed by atoms with Gasteiger partial charge in [-0.25, -0.2) is 4.39 Å². The lowest BCUT2D eigenvalue weighted by Crippen LogP contribution is -2.23. The smallest absolute Gasteiger partial charge is 0.273 e. The molecule has 1 aromatic carbocycles. The zero-order chi connectivity index (χ0) is 14.7. The third-order valence-electron chi connectivity index (χ3n) is 2.44. The van der Waals surface area contributed by atoms with Crippen molar-refractivity contribution in [2.45, 2.75) is 0 Å². The zero-order valence-electron chi connectivity index (χ0n) is 11.0. The average Bonchev–Trinajstić information content (AvgIpc) is 2.42. The number of nitrogens with zero attached hydrogens (tertiary/aromatic N) is 3. The SMILES string of the molecule is CN(C)C(=O)c1ccc(Oc2ccc(N)cc2F)nn1. The van der Waals surface area contributed by atoms with Gasteiger partial charge in [-0.05, 0) is 18.2 Å². The topological polar surface area (TPSA) is 81.3 Å². The zero-order valence-corrected chi connectivity index (χ0v) is 11.0. The fraction of sp³-hybridized carbons (Fsp3) is 0.154. The summed E-state index contributed by atoms with van der Waals surface area (Å²) in [4.78, 5) is 13.0. The number of carbonyl (C=O) groups excluding carboxylic acids is 1. The van der Waals surface area contributed by atoms with Gasteiger partial charge in [0.05, 0.1) is 0 Å². The third kappa shape index (κ3) is 3.00. The second kappa shape index (κ2) is 5.52. The molecule has 2 rings (SSSR count). The van der Waals surface area contributed by atoms with E-state index in [1.807, 2.05) is 0 Å². The van der Waals surface area contributed by atoms with Crippen LogP contribution in [0, 0.1) is 5.82 Å². The van der Waals surface area contributed by atoms with Gasteiger partial charge in [0.15, 0.2) is 17.3 Å². The molecule has 0 aliphatic heterocycles. The maximum absolute atomic E-state index is 13.5. The Kier molecular flexibility index (Phi) is 3.79. The molecule has 0 fully saturated rings. The predicted octanol–water partition coefficient (Wildman–Crippen LogP) is 1.69. The Morgan fingerprint density at radius 2 is 2.00 bits per heavy atom. The summed E-state index contributed by atoms with van der Waals surface area (Å²) in [5.41, 5.74) is 5.92. The molecule has 0 saturated carbocycles. The second-order valence-corrected chi connectivity index (χ2v) is 4.25. The van der Waals surface area contributed by atoms with Crippen molar-refractivity contribution in [3.8, 4) is 11.6 Å². The van der Waals surface area contributed by atoms with Crippen LogP contribution in [0.2, 0.25) is 0 Å². The number of hydrogen-bond acceptors (Lipinski definition) is 5. The lowest BCUT2D eigenvalue weighted by atomic mass is 10.3. The summed E-state index contributed by atoms with van der Waals surface area (Å²) in [6, 6.07) is 6.95. The van der Waals surface area contributed by atoms with Crippen molar-refractivity contribution >= 4 is 11.6 Å². The van der Waals surface area contributed by atoms with Crippen LogP contribution in [0.5, 0.6) is 11.6 Å². The van der Waals surface area contributed by atoms with Crippen molar-refractivity contribution in [3.05, 3.63) is 41.8 Å². The van der Waals surface area contributed by atoms with Crippen LogP contribution in [0.15, 0.2) is 30.3 Å². The molecule has 1 aromatic heterocycles. The minimum Gasteiger partial charge on any atom is -0.434 e. The van der Waals surface area contributed by atoms with Crippen molar-refractivity contribution in [1.82, 2.24) is 15.1 Å². The molecule has 0 saturated heterocycles. The number of rotatable bonds is 3. The highest BCUT2D eigenvalue weighted by Crippen LogP contribution is 2.24. The normalized spacial score (nSPS) is 10.2. The molecule has 2 N–H and O–H groups in total. The van der Waals surface area contributed by atoms with E-state index in [1.54, 1.807) is 14.1 Å². The lowest BCUT2D eigenvalue weighted by molar-refractivity contribution is 0.0820. The van der Waals surface area contributed by atoms with Crippen LogP contribution in [0.4, 0.5) is 10.1 Å². The predicted molar refractivity (Wildman–Crippen MR) is 70.9 cm³/mol. The van der Waals surface area contributed by atoms with Gasteiger partial charge in [0.1, 0.15) is 0 Å². The van der Waals surface area contributed by atoms with Crippen LogP contribution in [-0.4, -0.2) is 35.1 Å². The standard InChI is InChI=1S/C13H13FN4O2/c1-18(2)13(19)10-4-6-12(17-16-10)20-11-5-3-8(15)7-9(11)14/h3-7H,15H2,1-2H3. The maximum atomic E-state index is 13.5. The van der Waals surface area contributed by atoms with E-state index in [-0.39, 0.29) is 23.2 Å². The highest BCUT2D eigenvalue weighted by molar-refractivity contribution is 5.91. The number of hydrogen-bond donors (Lipinski definition) is 1. The van der Waals surface area contributed by atoms with Crippen LogP contribution < -0.4 is 10.5 Å². The lowest BCUT2D eigenvalue weighted by Gasteiger charge is -2.09. The Morgan fingerprint density at radius 3 is 2.55 bits per heavy atom. The Morgan fingerprint density at radius 1 is 1.25 bits per heavy atom. The number of benzene rings is 1. The van der Waals surface area contributed by atoms with Gasteiger partial charge < -0.3 is 15.4 Å². The summed E-state index contributed by atoms with van der Waals surface area (Å²) < 4.78 is 18.8. The van der Waals surface area contributed by atoms with Crippen molar-refractivity contribution in [3.63, 3.8) is 0 Å². The molecular weight excluding hydrogens is 263 g/mol. The summed E-state index contributed by atoms with van der Waals surface area (Å²) >= 11 is 0. The fourth-order valence-electron chi connectivity index (χ4n) is 1.43. The van der Waals surface area contributed by atoms with Crippen molar-refractivity contribution in [2.75, 3.05) is 19.8 Å². The molecular formula is C13H13FN4O2. The molecule has 6 nitrogen and oxygen atoms in total. The number of anilines is 1. The van der Waals surface area contributed by atoms with Crippen LogP contribution >= 0.6 is 0 Å². The molecule has 0 radical (unpaired) electrons. The number of ether oxygens (including phenoxy) is 1. The molecule has 2 aromatic rings. The summed E-state index contributed by atoms with van der Waals surface area (Å²) in [6.07, 6.45) is 0. The van der Waals surface area contributed by atoms with E-state index in [4.69, 9.17) is 10.5 Å². The van der Waals surface area contributed by atoms with Gasteiger partial charge in [-0.2, -0.15) is 0 Å². The average molecular weight is 276 g/mol. The molecule has 0 aliphatic carbocycles. The van der Waals surface area contributed by atoms with Crippen LogP contribution in [0.3, 0.4) is 0 Å². The molecule has 104 valence electrons. The first kappa shape index (κ1) is 13.7. The number of halogens is 1. The van der Waals surface area contributed by atoms with E-state index in [0.29, 0.717) is 5.69 Å². The number of amides is 1. The summed E-state index contributed by atoms with van der Waals surface area (Å²) in [6.45, 7) is 0. The summed E-state index contributed by atoms with van der Waals surface area (Å²) in [5.74, 6) is -0.799. The number of aromatic nitrogens is 2. The summed E-state index contributed by atoms with van der Waals surface area (Å²) in [7, 11) is 3.22. The first-order valence-electron chi connectivity index (χ1n) is 5.75. The molecule has 1 amide bonds. The molecule has 7 heteroatoms. The largest absolute Gasteiger partial charge is 0.434 e. The number of nitrogen functional groups attached to an aromatic ring is 1. The van der Waals surface area contributed by atoms with E-state index in [0.717, 1.165) is 6.07 Å². The second-order valence-electron chi connectivity index (χ2n) is 4.25. The van der Waals surface area contributed by atoms with Gasteiger partial charge in [0.25, 0.3) is 5.91 Å². The van der Waals surface area contributed by atoms with Crippen molar-refractivity contribution in [1.29, 1.82) is 0 Å². The van der Waals surface area contributed by atoms with E-state index in [2.05, 4.69) is 10.2 Å². The van der Waals surface area contributed by atoms with Crippen LogP contribution in [0.1, 0.15) is 10.5 Å². The van der Waals surface area contributed by atoms with Gasteiger partial charge >= 0.3 is 0 Å². The molecule has 0 unspecified atom stereocenters. The quantitative estimate of drug-likeness (QED) is 0.863. The maximum Gasteiger partial charge on any atom is 0.273 e. The Bertz CT molecular complexity index is 629. The molecule has 20 heavy (non-hydrogen) atoms. The minimum atomic E-state index is -0.597. The van der Waals surface area contributed by atoms with E-state index >= 15 is 0 Å². The van der Waals surface area contributed by atoms with Gasteiger partial charge in [-0.3, -0.25) is 4.79 Å². The van der Waals surface area contributed by atoms with Crippen molar-refractivity contribution in [2.24, 2.45) is 0 Å². The number of carbonyl (C=O) groups is 1. The minimum absolute atomic E-state index is 0.0137. The Hall–Kier alpha value is -2.70. The van der Waals surface area contributed by atoms with Gasteiger partial charge in [-0.1, -0.05) is 0 Å². The first-order valence-corrected chi connectivity index (χ1v) is 5.75. The van der Waals surface area contributed by atoms with E-state index < -0.39 is 5.82 Å². The Balaban J connectivity index is 2.17. The number of nitrogens with two attached hydrogens (primary N) is 1. The molecule has 0 aliphatic rings. The van der Waals surface area contributed by atoms with Crippen LogP contribution in [0.25, 0.3) is 0 Å². The third-order valence-corrected chi connectivity index (χ3v) is 2.44. The Labute approximate surface area is 115 Å². The molecule has 0 bridgehead atoms. The highest BCUT2D eigenvalue weighted by Gasteiger charge is 2.11. The first-order chi connectivity index (χ1) is 9.47. The van der Waals surface area contributed by atoms with Crippen molar-refractivity contribution < 1.29 is 13.9 Å². The van der Waals surface area contributed by atoms with E-state index in [1.165, 1.54) is 29.2 Å². The van der Waals surface area contributed by atoms with Gasteiger partial charge in [0.2, 0.25) is 5.88 Å². The molecule has 0 spiro atoms. The highest BCUT2D eigenvalue weighted by atomic mass is 19.1. The molecule has 1 heterocycles. The molecule has 0 atom stereocenters. The summed E-state index contributed by atoms with van der Waals surface area (Å²) in [5, 5.41) is 7.45.